The molecule has 1 amide bonds. The molecule has 0 radical (unpaired) electrons. The molecule has 0 bridgehead atoms. The third-order valence-corrected chi connectivity index (χ3v) is 3.98. The second kappa shape index (κ2) is 7.35. The Hall–Kier alpha value is -2.24. The lowest BCUT2D eigenvalue weighted by Gasteiger charge is -2.24. The number of amides is 1. The van der Waals surface area contributed by atoms with Gasteiger partial charge in [0.1, 0.15) is 6.10 Å². The molecule has 0 spiro atoms. The third kappa shape index (κ3) is 3.94. The molecular formula is C18H21N3O2. The Bertz CT molecular complexity index is 637. The number of pyridine rings is 1. The van der Waals surface area contributed by atoms with Gasteiger partial charge in [-0.05, 0) is 29.7 Å². The molecule has 0 saturated carbocycles. The van der Waals surface area contributed by atoms with Crippen molar-refractivity contribution < 1.29 is 9.53 Å². The smallest absolute Gasteiger partial charge is 0.250 e. The highest BCUT2D eigenvalue weighted by Gasteiger charge is 2.23. The van der Waals surface area contributed by atoms with Gasteiger partial charge in [0, 0.05) is 25.5 Å². The van der Waals surface area contributed by atoms with Crippen molar-refractivity contribution in [1.82, 2.24) is 15.6 Å². The standard InChI is InChI=1S/C18H21N3O2/c1-13(21-18(22)17-12-20-9-10-23-17)14-4-6-15(7-5-14)16-3-2-8-19-11-16/h2-8,11,13,17,20H,9-10,12H2,1H3,(H,21,22). The van der Waals surface area contributed by atoms with Gasteiger partial charge < -0.3 is 15.4 Å². The summed E-state index contributed by atoms with van der Waals surface area (Å²) in [4.78, 5) is 16.3. The van der Waals surface area contributed by atoms with E-state index < -0.39 is 6.10 Å². The van der Waals surface area contributed by atoms with Gasteiger partial charge in [-0.25, -0.2) is 0 Å². The van der Waals surface area contributed by atoms with Gasteiger partial charge in [0.2, 0.25) is 0 Å². The summed E-state index contributed by atoms with van der Waals surface area (Å²) in [7, 11) is 0. The van der Waals surface area contributed by atoms with Crippen molar-refractivity contribution in [2.75, 3.05) is 19.7 Å². The number of rotatable bonds is 4. The van der Waals surface area contributed by atoms with Gasteiger partial charge in [-0.2, -0.15) is 0 Å². The van der Waals surface area contributed by atoms with Crippen LogP contribution in [-0.4, -0.2) is 36.7 Å². The molecule has 1 saturated heterocycles. The lowest BCUT2D eigenvalue weighted by Crippen LogP contribution is -2.48. The van der Waals surface area contributed by atoms with E-state index in [4.69, 9.17) is 4.74 Å². The zero-order valence-corrected chi connectivity index (χ0v) is 13.2. The summed E-state index contributed by atoms with van der Waals surface area (Å²) in [5, 5.41) is 6.17. The molecule has 120 valence electrons. The van der Waals surface area contributed by atoms with Crippen LogP contribution in [0.25, 0.3) is 11.1 Å². The molecule has 2 unspecified atom stereocenters. The van der Waals surface area contributed by atoms with E-state index in [1.807, 2.05) is 49.5 Å². The van der Waals surface area contributed by atoms with Crippen molar-refractivity contribution in [1.29, 1.82) is 0 Å². The monoisotopic (exact) mass is 311 g/mol. The van der Waals surface area contributed by atoms with E-state index >= 15 is 0 Å². The van der Waals surface area contributed by atoms with E-state index in [-0.39, 0.29) is 11.9 Å². The molecular weight excluding hydrogens is 290 g/mol. The van der Waals surface area contributed by atoms with Crippen molar-refractivity contribution in [3.8, 4) is 11.1 Å². The predicted molar refractivity (Wildman–Crippen MR) is 88.8 cm³/mol. The minimum atomic E-state index is -0.402. The van der Waals surface area contributed by atoms with Crippen LogP contribution in [0, 0.1) is 0 Å². The highest BCUT2D eigenvalue weighted by molar-refractivity contribution is 5.81. The fraction of sp³-hybridized carbons (Fsp3) is 0.333. The molecule has 5 heteroatoms. The highest BCUT2D eigenvalue weighted by Crippen LogP contribution is 2.21. The maximum atomic E-state index is 12.2. The fourth-order valence-corrected chi connectivity index (χ4v) is 2.62. The Labute approximate surface area is 136 Å². The first-order valence-electron chi connectivity index (χ1n) is 7.87. The van der Waals surface area contributed by atoms with E-state index in [1.165, 1.54) is 0 Å². The molecule has 23 heavy (non-hydrogen) atoms. The molecule has 0 aliphatic carbocycles. The Kier molecular flexibility index (Phi) is 5.00. The molecule has 1 fully saturated rings. The number of morpholine rings is 1. The second-order valence-electron chi connectivity index (χ2n) is 5.66. The van der Waals surface area contributed by atoms with Gasteiger partial charge >= 0.3 is 0 Å². The number of ether oxygens (including phenoxy) is 1. The van der Waals surface area contributed by atoms with Crippen LogP contribution in [0.4, 0.5) is 0 Å². The molecule has 3 rings (SSSR count). The minimum absolute atomic E-state index is 0.0593. The minimum Gasteiger partial charge on any atom is -0.366 e. The van der Waals surface area contributed by atoms with E-state index in [0.717, 1.165) is 23.2 Å². The summed E-state index contributed by atoms with van der Waals surface area (Å²) in [6.07, 6.45) is 3.20. The molecule has 2 N–H and O–H groups in total. The van der Waals surface area contributed by atoms with Gasteiger partial charge in [-0.15, -0.1) is 0 Å². The summed E-state index contributed by atoms with van der Waals surface area (Å²) in [6.45, 7) is 3.92. The normalized spacial score (nSPS) is 19.1. The SMILES string of the molecule is CC(NC(=O)C1CNCCO1)c1ccc(-c2cccnc2)cc1. The predicted octanol–water partition coefficient (Wildman–Crippen LogP) is 1.91. The quantitative estimate of drug-likeness (QED) is 0.905. The Morgan fingerprint density at radius 2 is 2.13 bits per heavy atom. The summed E-state index contributed by atoms with van der Waals surface area (Å²) < 4.78 is 5.47. The van der Waals surface area contributed by atoms with Gasteiger partial charge in [0.05, 0.1) is 12.6 Å². The Balaban J connectivity index is 1.63. The Morgan fingerprint density at radius 1 is 1.30 bits per heavy atom. The first-order valence-corrected chi connectivity index (χ1v) is 7.87. The number of hydrogen-bond donors (Lipinski definition) is 2. The molecule has 1 aliphatic rings. The molecule has 2 aromatic rings. The zero-order chi connectivity index (χ0) is 16.1. The van der Waals surface area contributed by atoms with Crippen LogP contribution >= 0.6 is 0 Å². The zero-order valence-electron chi connectivity index (χ0n) is 13.2. The average molecular weight is 311 g/mol. The number of aromatic nitrogens is 1. The second-order valence-corrected chi connectivity index (χ2v) is 5.66. The van der Waals surface area contributed by atoms with Crippen molar-refractivity contribution in [3.63, 3.8) is 0 Å². The third-order valence-electron chi connectivity index (χ3n) is 3.98. The van der Waals surface area contributed by atoms with Crippen molar-refractivity contribution >= 4 is 5.91 Å². The van der Waals surface area contributed by atoms with E-state index in [9.17, 15) is 4.79 Å². The summed E-state index contributed by atoms with van der Waals surface area (Å²) in [5.41, 5.74) is 3.26. The number of benzene rings is 1. The number of nitrogens with zero attached hydrogens (tertiary/aromatic N) is 1. The fourth-order valence-electron chi connectivity index (χ4n) is 2.62. The first-order chi connectivity index (χ1) is 11.2. The maximum absolute atomic E-state index is 12.2. The molecule has 5 nitrogen and oxygen atoms in total. The average Bonchev–Trinajstić information content (AvgIpc) is 2.63. The maximum Gasteiger partial charge on any atom is 0.250 e. The summed E-state index contributed by atoms with van der Waals surface area (Å²) in [6, 6.07) is 12.1. The molecule has 2 atom stereocenters. The van der Waals surface area contributed by atoms with Crippen LogP contribution in [-0.2, 0) is 9.53 Å². The van der Waals surface area contributed by atoms with Gasteiger partial charge in [0.15, 0.2) is 0 Å². The molecule has 1 aliphatic heterocycles. The van der Waals surface area contributed by atoms with E-state index in [0.29, 0.717) is 13.2 Å². The number of carbonyl (C=O) groups is 1. The van der Waals surface area contributed by atoms with Crippen LogP contribution in [0.1, 0.15) is 18.5 Å². The van der Waals surface area contributed by atoms with E-state index in [2.05, 4.69) is 15.6 Å². The Morgan fingerprint density at radius 3 is 2.78 bits per heavy atom. The lowest BCUT2D eigenvalue weighted by molar-refractivity contribution is -0.134. The van der Waals surface area contributed by atoms with Crippen molar-refractivity contribution in [2.24, 2.45) is 0 Å². The van der Waals surface area contributed by atoms with Crippen LogP contribution < -0.4 is 10.6 Å². The largest absolute Gasteiger partial charge is 0.366 e. The van der Waals surface area contributed by atoms with Crippen LogP contribution in [0.2, 0.25) is 0 Å². The molecule has 1 aromatic heterocycles. The molecule has 2 heterocycles. The van der Waals surface area contributed by atoms with Crippen LogP contribution in [0.5, 0.6) is 0 Å². The highest BCUT2D eigenvalue weighted by atomic mass is 16.5. The van der Waals surface area contributed by atoms with Crippen molar-refractivity contribution in [2.45, 2.75) is 19.1 Å². The number of carbonyl (C=O) groups excluding carboxylic acids is 1. The van der Waals surface area contributed by atoms with Crippen LogP contribution in [0.3, 0.4) is 0 Å². The van der Waals surface area contributed by atoms with Gasteiger partial charge in [-0.3, -0.25) is 9.78 Å². The topological polar surface area (TPSA) is 63.2 Å². The van der Waals surface area contributed by atoms with Crippen molar-refractivity contribution in [3.05, 3.63) is 54.4 Å². The van der Waals surface area contributed by atoms with Gasteiger partial charge in [-0.1, -0.05) is 30.3 Å². The van der Waals surface area contributed by atoms with Gasteiger partial charge in [0.25, 0.3) is 5.91 Å². The lowest BCUT2D eigenvalue weighted by atomic mass is 10.0. The number of nitrogens with one attached hydrogen (secondary N) is 2. The summed E-state index contributed by atoms with van der Waals surface area (Å²) >= 11 is 0. The van der Waals surface area contributed by atoms with Crippen LogP contribution in [0.15, 0.2) is 48.8 Å². The summed E-state index contributed by atoms with van der Waals surface area (Å²) in [5.74, 6) is -0.0685. The number of hydrogen-bond acceptors (Lipinski definition) is 4. The first kappa shape index (κ1) is 15.6. The van der Waals surface area contributed by atoms with E-state index in [1.54, 1.807) is 6.20 Å². The molecule has 1 aromatic carbocycles.